The Kier molecular flexibility index (Phi) is 3.49. The van der Waals surface area contributed by atoms with Crippen LogP contribution in [0.25, 0.3) is 10.9 Å². The van der Waals surface area contributed by atoms with Gasteiger partial charge >= 0.3 is 0 Å². The fourth-order valence-corrected chi connectivity index (χ4v) is 2.87. The van der Waals surface area contributed by atoms with Crippen molar-refractivity contribution < 1.29 is 4.74 Å². The summed E-state index contributed by atoms with van der Waals surface area (Å²) in [7, 11) is 1.95. The third-order valence-electron chi connectivity index (χ3n) is 3.29. The van der Waals surface area contributed by atoms with Gasteiger partial charge in [0.1, 0.15) is 18.1 Å². The van der Waals surface area contributed by atoms with Crippen molar-refractivity contribution >= 4 is 26.8 Å². The molecular weight excluding hydrogens is 316 g/mol. The molecule has 20 heavy (non-hydrogen) atoms. The molecule has 0 aliphatic carbocycles. The van der Waals surface area contributed by atoms with E-state index in [0.29, 0.717) is 6.61 Å². The van der Waals surface area contributed by atoms with E-state index in [-0.39, 0.29) is 0 Å². The Labute approximate surface area is 126 Å². The van der Waals surface area contributed by atoms with Gasteiger partial charge in [0.05, 0.1) is 9.99 Å². The number of halogens is 1. The van der Waals surface area contributed by atoms with Crippen molar-refractivity contribution in [3.63, 3.8) is 0 Å². The fourth-order valence-electron chi connectivity index (χ4n) is 2.26. The first-order valence-corrected chi connectivity index (χ1v) is 7.24. The van der Waals surface area contributed by atoms with Crippen LogP contribution in [-0.4, -0.2) is 9.78 Å². The van der Waals surface area contributed by atoms with E-state index in [0.717, 1.165) is 26.8 Å². The van der Waals surface area contributed by atoms with Crippen molar-refractivity contribution in [1.82, 2.24) is 9.78 Å². The number of benzene rings is 2. The maximum Gasteiger partial charge on any atom is 0.134 e. The third-order valence-corrected chi connectivity index (χ3v) is 3.91. The molecule has 0 saturated heterocycles. The molecule has 1 heterocycles. The lowest BCUT2D eigenvalue weighted by molar-refractivity contribution is 0.299. The zero-order valence-corrected chi connectivity index (χ0v) is 13.0. The number of hydrogen-bond donors (Lipinski definition) is 0. The highest BCUT2D eigenvalue weighted by Gasteiger charge is 2.09. The molecule has 0 fully saturated rings. The number of para-hydroxylation sites is 1. The molecule has 0 atom stereocenters. The summed E-state index contributed by atoms with van der Waals surface area (Å²) in [4.78, 5) is 0. The van der Waals surface area contributed by atoms with Gasteiger partial charge in [0.25, 0.3) is 0 Å². The quantitative estimate of drug-likeness (QED) is 0.718. The van der Waals surface area contributed by atoms with Crippen LogP contribution < -0.4 is 4.74 Å². The van der Waals surface area contributed by atoms with Gasteiger partial charge in [-0.2, -0.15) is 5.10 Å². The van der Waals surface area contributed by atoms with E-state index in [2.05, 4.69) is 40.1 Å². The molecular formula is C16H15BrN2O. The second-order valence-electron chi connectivity index (χ2n) is 4.81. The monoisotopic (exact) mass is 330 g/mol. The van der Waals surface area contributed by atoms with Gasteiger partial charge in [0.2, 0.25) is 0 Å². The molecule has 0 amide bonds. The predicted molar refractivity (Wildman–Crippen MR) is 83.9 cm³/mol. The van der Waals surface area contributed by atoms with Crippen molar-refractivity contribution in [2.24, 2.45) is 7.05 Å². The average molecular weight is 331 g/mol. The molecule has 3 rings (SSSR count). The average Bonchev–Trinajstić information content (AvgIpc) is 2.75. The van der Waals surface area contributed by atoms with Gasteiger partial charge in [-0.25, -0.2) is 0 Å². The molecule has 0 aliphatic rings. The maximum atomic E-state index is 5.88. The summed E-state index contributed by atoms with van der Waals surface area (Å²) in [6.07, 6.45) is 0. The standard InChI is InChI=1S/C16H15BrN2O/c1-11-7-8-16(13(17)9-11)20-10-14-12-5-3-4-6-15(12)19(2)18-14/h3-9H,10H2,1-2H3. The SMILES string of the molecule is Cc1ccc(OCc2nn(C)c3ccccc23)c(Br)c1. The molecule has 0 aliphatic heterocycles. The molecule has 0 saturated carbocycles. The molecule has 0 bridgehead atoms. The third kappa shape index (κ3) is 2.43. The van der Waals surface area contributed by atoms with E-state index >= 15 is 0 Å². The van der Waals surface area contributed by atoms with E-state index in [4.69, 9.17) is 4.74 Å². The molecule has 0 N–H and O–H groups in total. The molecule has 0 spiro atoms. The Morgan fingerprint density at radius 2 is 2.00 bits per heavy atom. The number of ether oxygens (including phenoxy) is 1. The first-order chi connectivity index (χ1) is 9.65. The van der Waals surface area contributed by atoms with Crippen molar-refractivity contribution in [2.75, 3.05) is 0 Å². The minimum Gasteiger partial charge on any atom is -0.486 e. The van der Waals surface area contributed by atoms with Gasteiger partial charge in [-0.3, -0.25) is 4.68 Å². The summed E-state index contributed by atoms with van der Waals surface area (Å²) in [6.45, 7) is 2.52. The van der Waals surface area contributed by atoms with E-state index in [1.807, 2.05) is 42.1 Å². The van der Waals surface area contributed by atoms with Crippen LogP contribution in [0.15, 0.2) is 46.9 Å². The minimum absolute atomic E-state index is 0.461. The highest BCUT2D eigenvalue weighted by atomic mass is 79.9. The lowest BCUT2D eigenvalue weighted by Crippen LogP contribution is -1.99. The summed E-state index contributed by atoms with van der Waals surface area (Å²) >= 11 is 3.52. The van der Waals surface area contributed by atoms with E-state index in [1.54, 1.807) is 0 Å². The topological polar surface area (TPSA) is 27.1 Å². The van der Waals surface area contributed by atoms with Crippen LogP contribution in [0.4, 0.5) is 0 Å². The van der Waals surface area contributed by atoms with Gasteiger partial charge in [0, 0.05) is 12.4 Å². The second kappa shape index (κ2) is 5.29. The predicted octanol–water partition coefficient (Wildman–Crippen LogP) is 4.22. The summed E-state index contributed by atoms with van der Waals surface area (Å²) in [5.41, 5.74) is 3.28. The first-order valence-electron chi connectivity index (χ1n) is 6.45. The largest absolute Gasteiger partial charge is 0.486 e. The summed E-state index contributed by atoms with van der Waals surface area (Å²) in [6, 6.07) is 14.2. The summed E-state index contributed by atoms with van der Waals surface area (Å²) < 4.78 is 8.73. The van der Waals surface area contributed by atoms with Crippen molar-refractivity contribution in [1.29, 1.82) is 0 Å². The van der Waals surface area contributed by atoms with Crippen LogP contribution >= 0.6 is 15.9 Å². The summed E-state index contributed by atoms with van der Waals surface area (Å²) in [5.74, 6) is 0.838. The minimum atomic E-state index is 0.461. The second-order valence-corrected chi connectivity index (χ2v) is 5.66. The lowest BCUT2D eigenvalue weighted by atomic mass is 10.2. The normalized spacial score (nSPS) is 10.9. The smallest absolute Gasteiger partial charge is 0.134 e. The Hall–Kier alpha value is -1.81. The molecule has 1 aromatic heterocycles. The number of aryl methyl sites for hydroxylation is 2. The zero-order valence-electron chi connectivity index (χ0n) is 11.4. The van der Waals surface area contributed by atoms with Crippen LogP contribution in [0, 0.1) is 6.92 Å². The molecule has 3 nitrogen and oxygen atoms in total. The van der Waals surface area contributed by atoms with E-state index < -0.39 is 0 Å². The van der Waals surface area contributed by atoms with Crippen LogP contribution in [0.5, 0.6) is 5.75 Å². The number of nitrogens with zero attached hydrogens (tertiary/aromatic N) is 2. The lowest BCUT2D eigenvalue weighted by Gasteiger charge is -2.07. The van der Waals surface area contributed by atoms with E-state index in [1.165, 1.54) is 5.56 Å². The summed E-state index contributed by atoms with van der Waals surface area (Å²) in [5, 5.41) is 5.67. The number of fused-ring (bicyclic) bond motifs is 1. The highest BCUT2D eigenvalue weighted by Crippen LogP contribution is 2.27. The van der Waals surface area contributed by atoms with Gasteiger partial charge in [0.15, 0.2) is 0 Å². The zero-order chi connectivity index (χ0) is 14.1. The Balaban J connectivity index is 1.87. The Bertz CT molecular complexity index is 764. The molecule has 4 heteroatoms. The highest BCUT2D eigenvalue weighted by molar-refractivity contribution is 9.10. The van der Waals surface area contributed by atoms with Crippen molar-refractivity contribution in [3.8, 4) is 5.75 Å². The van der Waals surface area contributed by atoms with Crippen molar-refractivity contribution in [2.45, 2.75) is 13.5 Å². The first kappa shape index (κ1) is 13.2. The van der Waals surface area contributed by atoms with Gasteiger partial charge in [-0.05, 0) is 46.6 Å². The van der Waals surface area contributed by atoms with Crippen LogP contribution in [0.1, 0.15) is 11.3 Å². The van der Waals surface area contributed by atoms with Crippen LogP contribution in [0.3, 0.4) is 0 Å². The van der Waals surface area contributed by atoms with Gasteiger partial charge in [-0.15, -0.1) is 0 Å². The fraction of sp³-hybridized carbons (Fsp3) is 0.188. The molecule has 3 aromatic rings. The molecule has 0 radical (unpaired) electrons. The Morgan fingerprint density at radius 3 is 2.80 bits per heavy atom. The van der Waals surface area contributed by atoms with Crippen LogP contribution in [0.2, 0.25) is 0 Å². The molecule has 0 unspecified atom stereocenters. The van der Waals surface area contributed by atoms with Gasteiger partial charge in [-0.1, -0.05) is 24.3 Å². The maximum absolute atomic E-state index is 5.88. The van der Waals surface area contributed by atoms with E-state index in [9.17, 15) is 0 Å². The molecule has 102 valence electrons. The van der Waals surface area contributed by atoms with Crippen LogP contribution in [-0.2, 0) is 13.7 Å². The number of hydrogen-bond acceptors (Lipinski definition) is 2. The molecule has 2 aromatic carbocycles. The Morgan fingerprint density at radius 1 is 1.20 bits per heavy atom. The van der Waals surface area contributed by atoms with Gasteiger partial charge < -0.3 is 4.74 Å². The number of rotatable bonds is 3. The van der Waals surface area contributed by atoms with Crippen molar-refractivity contribution in [3.05, 3.63) is 58.2 Å². The number of aromatic nitrogens is 2.